The van der Waals surface area contributed by atoms with Gasteiger partial charge >= 0.3 is 0 Å². The smallest absolute Gasteiger partial charge is 0.235 e. The number of amides is 2. The first-order chi connectivity index (χ1) is 11.6. The summed E-state index contributed by atoms with van der Waals surface area (Å²) in [5.41, 5.74) is 1.83. The monoisotopic (exact) mass is 342 g/mol. The van der Waals surface area contributed by atoms with E-state index in [1.54, 1.807) is 0 Å². The molecule has 5 heteroatoms. The molecule has 1 aromatic carbocycles. The fourth-order valence-corrected chi connectivity index (χ4v) is 5.23. The first-order valence-electron chi connectivity index (χ1n) is 8.60. The van der Waals surface area contributed by atoms with Crippen molar-refractivity contribution >= 4 is 29.1 Å². The second kappa shape index (κ2) is 4.85. The second-order valence-corrected chi connectivity index (χ2v) is 7.97. The number of carbonyl (C=O) groups is 2. The Hall–Kier alpha value is -1.81. The number of imide groups is 1. The third-order valence-corrected chi connectivity index (χ3v) is 6.77. The molecule has 2 bridgehead atoms. The van der Waals surface area contributed by atoms with Crippen LogP contribution in [0.25, 0.3) is 0 Å². The number of aryl methyl sites for hydroxylation is 1. The predicted octanol–water partition coefficient (Wildman–Crippen LogP) is 3.07. The van der Waals surface area contributed by atoms with E-state index >= 15 is 0 Å². The van der Waals surface area contributed by atoms with Crippen LogP contribution in [-0.4, -0.2) is 23.4 Å². The summed E-state index contributed by atoms with van der Waals surface area (Å²) in [4.78, 5) is 27.1. The van der Waals surface area contributed by atoms with Gasteiger partial charge in [-0.15, -0.1) is 0 Å². The molecule has 1 aliphatic heterocycles. The topological polar surface area (TPSA) is 49.4 Å². The Labute approximate surface area is 145 Å². The number of carbonyl (C=O) groups excluding carboxylic acids is 2. The molecule has 124 valence electrons. The molecule has 0 spiro atoms. The van der Waals surface area contributed by atoms with Crippen molar-refractivity contribution in [3.63, 3.8) is 0 Å². The zero-order chi connectivity index (χ0) is 16.6. The molecule has 1 saturated heterocycles. The summed E-state index contributed by atoms with van der Waals surface area (Å²) in [6.45, 7) is 2.16. The minimum Gasteiger partial charge on any atom is -0.367 e. The third-order valence-electron chi connectivity index (χ3n) is 6.37. The van der Waals surface area contributed by atoms with Gasteiger partial charge in [0.2, 0.25) is 11.8 Å². The summed E-state index contributed by atoms with van der Waals surface area (Å²) < 4.78 is 0. The molecule has 5 aliphatic rings. The molecule has 3 fully saturated rings. The van der Waals surface area contributed by atoms with Gasteiger partial charge in [0, 0.05) is 10.7 Å². The zero-order valence-corrected chi connectivity index (χ0v) is 14.2. The molecular weight excluding hydrogens is 324 g/mol. The Bertz CT molecular complexity index is 754. The lowest BCUT2D eigenvalue weighted by Gasteiger charge is -2.37. The highest BCUT2D eigenvalue weighted by Gasteiger charge is 2.66. The van der Waals surface area contributed by atoms with Crippen LogP contribution < -0.4 is 5.32 Å². The summed E-state index contributed by atoms with van der Waals surface area (Å²) in [7, 11) is 0. The standard InChI is InChI=1S/C19H19ClN2O2/c1-9-2-3-10(6-15(9)20)21-8-22-18(23)16-11-4-5-12(14-7-13(11)14)17(16)19(22)24/h2-6,11-14,16-17,21H,7-8H2,1H3. The van der Waals surface area contributed by atoms with Crippen LogP contribution >= 0.6 is 11.6 Å². The SMILES string of the molecule is Cc1ccc(NCN2C(=O)C3C4C=CC(C5CC45)C3C2=O)cc1Cl. The molecule has 2 saturated carbocycles. The molecule has 4 aliphatic carbocycles. The summed E-state index contributed by atoms with van der Waals surface area (Å²) >= 11 is 6.14. The van der Waals surface area contributed by atoms with Crippen LogP contribution in [-0.2, 0) is 9.59 Å². The number of benzene rings is 1. The molecule has 1 heterocycles. The van der Waals surface area contributed by atoms with E-state index in [9.17, 15) is 9.59 Å². The van der Waals surface area contributed by atoms with Crippen LogP contribution in [0.3, 0.4) is 0 Å². The Morgan fingerprint density at radius 3 is 2.33 bits per heavy atom. The molecule has 24 heavy (non-hydrogen) atoms. The quantitative estimate of drug-likeness (QED) is 0.678. The average molecular weight is 343 g/mol. The van der Waals surface area contributed by atoms with E-state index in [0.717, 1.165) is 11.3 Å². The van der Waals surface area contributed by atoms with Gasteiger partial charge in [0.25, 0.3) is 0 Å². The number of allylic oxidation sites excluding steroid dienone is 2. The van der Waals surface area contributed by atoms with Gasteiger partial charge in [0.15, 0.2) is 0 Å². The van der Waals surface area contributed by atoms with Crippen LogP contribution in [0.15, 0.2) is 30.4 Å². The first kappa shape index (κ1) is 14.5. The summed E-state index contributed by atoms with van der Waals surface area (Å²) in [5.74, 6) is 1.59. The van der Waals surface area contributed by atoms with E-state index in [4.69, 9.17) is 11.6 Å². The van der Waals surface area contributed by atoms with Crippen molar-refractivity contribution in [1.82, 2.24) is 4.90 Å². The maximum Gasteiger partial charge on any atom is 0.235 e. The maximum absolute atomic E-state index is 12.9. The van der Waals surface area contributed by atoms with Gasteiger partial charge in [0.1, 0.15) is 0 Å². The molecule has 1 aromatic rings. The lowest BCUT2D eigenvalue weighted by atomic mass is 9.63. The number of rotatable bonds is 3. The van der Waals surface area contributed by atoms with Gasteiger partial charge in [-0.3, -0.25) is 14.5 Å². The van der Waals surface area contributed by atoms with Crippen molar-refractivity contribution in [2.45, 2.75) is 13.3 Å². The molecule has 0 radical (unpaired) electrons. The molecule has 6 atom stereocenters. The van der Waals surface area contributed by atoms with Gasteiger partial charge in [-0.1, -0.05) is 29.8 Å². The number of nitrogens with one attached hydrogen (secondary N) is 1. The van der Waals surface area contributed by atoms with Gasteiger partial charge in [-0.05, 0) is 54.7 Å². The van der Waals surface area contributed by atoms with Crippen LogP contribution in [0, 0.1) is 42.4 Å². The number of hydrogen-bond acceptors (Lipinski definition) is 3. The Morgan fingerprint density at radius 2 is 1.75 bits per heavy atom. The predicted molar refractivity (Wildman–Crippen MR) is 91.2 cm³/mol. The lowest BCUT2D eigenvalue weighted by molar-refractivity contribution is -0.139. The van der Waals surface area contributed by atoms with Crippen LogP contribution in [0.1, 0.15) is 12.0 Å². The van der Waals surface area contributed by atoms with Crippen molar-refractivity contribution in [1.29, 1.82) is 0 Å². The molecule has 2 amide bonds. The van der Waals surface area contributed by atoms with Crippen molar-refractivity contribution in [2.75, 3.05) is 12.0 Å². The Balaban J connectivity index is 1.36. The lowest BCUT2D eigenvalue weighted by Crippen LogP contribution is -2.40. The Morgan fingerprint density at radius 1 is 1.12 bits per heavy atom. The van der Waals surface area contributed by atoms with E-state index in [1.807, 2.05) is 25.1 Å². The minimum absolute atomic E-state index is 0.000378. The van der Waals surface area contributed by atoms with Crippen molar-refractivity contribution in [3.05, 3.63) is 40.9 Å². The fourth-order valence-electron chi connectivity index (χ4n) is 5.05. The number of hydrogen-bond donors (Lipinski definition) is 1. The average Bonchev–Trinajstić information content (AvgIpc) is 3.35. The van der Waals surface area contributed by atoms with Gasteiger partial charge in [0.05, 0.1) is 18.5 Å². The highest BCUT2D eigenvalue weighted by molar-refractivity contribution is 6.31. The highest BCUT2D eigenvalue weighted by Crippen LogP contribution is 2.65. The van der Waals surface area contributed by atoms with Crippen molar-refractivity contribution in [3.8, 4) is 0 Å². The number of nitrogens with zero attached hydrogens (tertiary/aromatic N) is 1. The number of halogens is 1. The van der Waals surface area contributed by atoms with Gasteiger partial charge in [-0.25, -0.2) is 0 Å². The van der Waals surface area contributed by atoms with Crippen LogP contribution in [0.4, 0.5) is 5.69 Å². The van der Waals surface area contributed by atoms with E-state index in [-0.39, 0.29) is 42.2 Å². The Kier molecular flexibility index (Phi) is 2.94. The van der Waals surface area contributed by atoms with Crippen molar-refractivity contribution < 1.29 is 9.59 Å². The summed E-state index contributed by atoms with van der Waals surface area (Å²) in [6.07, 6.45) is 5.58. The van der Waals surface area contributed by atoms with Gasteiger partial charge < -0.3 is 5.32 Å². The van der Waals surface area contributed by atoms with E-state index in [1.165, 1.54) is 11.3 Å². The van der Waals surface area contributed by atoms with Gasteiger partial charge in [-0.2, -0.15) is 0 Å². The molecule has 0 aromatic heterocycles. The number of likely N-dealkylation sites (tertiary alicyclic amines) is 1. The molecule has 6 unspecified atom stereocenters. The zero-order valence-electron chi connectivity index (χ0n) is 13.4. The van der Waals surface area contributed by atoms with Crippen LogP contribution in [0.5, 0.6) is 0 Å². The van der Waals surface area contributed by atoms with E-state index in [2.05, 4.69) is 17.5 Å². The normalized spacial score (nSPS) is 38.3. The molecule has 6 rings (SSSR count). The molecular formula is C19H19ClN2O2. The van der Waals surface area contributed by atoms with Crippen LogP contribution in [0.2, 0.25) is 5.02 Å². The van der Waals surface area contributed by atoms with E-state index in [0.29, 0.717) is 16.9 Å². The largest absolute Gasteiger partial charge is 0.367 e. The summed E-state index contributed by atoms with van der Waals surface area (Å²) in [6, 6.07) is 5.67. The van der Waals surface area contributed by atoms with Crippen molar-refractivity contribution in [2.24, 2.45) is 35.5 Å². The maximum atomic E-state index is 12.9. The third kappa shape index (κ3) is 1.86. The first-order valence-corrected chi connectivity index (χ1v) is 8.97. The second-order valence-electron chi connectivity index (χ2n) is 7.56. The minimum atomic E-state index is -0.125. The summed E-state index contributed by atoms with van der Waals surface area (Å²) in [5, 5.41) is 3.85. The highest BCUT2D eigenvalue weighted by atomic mass is 35.5. The van der Waals surface area contributed by atoms with E-state index < -0.39 is 0 Å². The molecule has 1 N–H and O–H groups in total. The molecule has 4 nitrogen and oxygen atoms in total. The number of anilines is 1. The fraction of sp³-hybridized carbons (Fsp3) is 0.474.